The Morgan fingerprint density at radius 1 is 1.10 bits per heavy atom. The zero-order chi connectivity index (χ0) is 21.0. The highest BCUT2D eigenvalue weighted by Gasteiger charge is 2.44. The summed E-state index contributed by atoms with van der Waals surface area (Å²) in [5.74, 6) is 0.0686. The maximum atomic E-state index is 13.5. The molecule has 1 aliphatic heterocycles. The summed E-state index contributed by atoms with van der Waals surface area (Å²) in [6, 6.07) is 15.2. The first kappa shape index (κ1) is 19.0. The van der Waals surface area contributed by atoms with Gasteiger partial charge in [-0.3, -0.25) is 14.5 Å². The van der Waals surface area contributed by atoms with Crippen molar-refractivity contribution < 1.29 is 9.21 Å². The Balaban J connectivity index is 1.84. The van der Waals surface area contributed by atoms with E-state index < -0.39 is 11.9 Å². The summed E-state index contributed by atoms with van der Waals surface area (Å²) in [5, 5.41) is 0.917. The molecule has 0 fully saturated rings. The predicted octanol–water partition coefficient (Wildman–Crippen LogP) is 5.66. The van der Waals surface area contributed by atoms with Crippen LogP contribution in [0.15, 0.2) is 74.5 Å². The monoisotopic (exact) mass is 480 g/mol. The van der Waals surface area contributed by atoms with E-state index in [1.54, 1.807) is 42.6 Å². The second-order valence-electron chi connectivity index (χ2n) is 7.14. The molecule has 1 amide bonds. The highest BCUT2D eigenvalue weighted by Crippen LogP contribution is 2.41. The van der Waals surface area contributed by atoms with Crippen molar-refractivity contribution in [3.63, 3.8) is 0 Å². The third-order valence-corrected chi connectivity index (χ3v) is 5.87. The van der Waals surface area contributed by atoms with Gasteiger partial charge in [0.15, 0.2) is 5.43 Å². The maximum Gasteiger partial charge on any atom is 0.296 e. The number of rotatable bonds is 2. The van der Waals surface area contributed by atoms with Gasteiger partial charge in [0, 0.05) is 15.7 Å². The van der Waals surface area contributed by atoms with E-state index in [2.05, 4.69) is 20.9 Å². The fourth-order valence-electron chi connectivity index (χ4n) is 3.83. The third kappa shape index (κ3) is 2.95. The maximum absolute atomic E-state index is 13.5. The number of nitrogens with zero attached hydrogens (tertiary/aromatic N) is 2. The molecule has 5 rings (SSSR count). The quantitative estimate of drug-likeness (QED) is 0.370. The molecule has 3 heterocycles. The Morgan fingerprint density at radius 3 is 2.70 bits per heavy atom. The summed E-state index contributed by atoms with van der Waals surface area (Å²) >= 11 is 9.63. The zero-order valence-corrected chi connectivity index (χ0v) is 18.1. The number of anilines is 1. The second kappa shape index (κ2) is 7.07. The average molecular weight is 482 g/mol. The molecule has 7 heteroatoms. The number of halogens is 2. The first-order chi connectivity index (χ1) is 14.4. The van der Waals surface area contributed by atoms with Crippen LogP contribution >= 0.6 is 27.5 Å². The van der Waals surface area contributed by atoms with Crippen molar-refractivity contribution in [1.82, 2.24) is 4.98 Å². The molecule has 1 atom stereocenters. The van der Waals surface area contributed by atoms with Crippen molar-refractivity contribution in [2.45, 2.75) is 13.0 Å². The van der Waals surface area contributed by atoms with Gasteiger partial charge in [0.05, 0.1) is 17.0 Å². The molecule has 2 aromatic carbocycles. The molecule has 0 saturated heterocycles. The summed E-state index contributed by atoms with van der Waals surface area (Å²) in [7, 11) is 0. The highest BCUT2D eigenvalue weighted by atomic mass is 79.9. The molecule has 0 unspecified atom stereocenters. The molecule has 1 aliphatic rings. The molecule has 0 spiro atoms. The second-order valence-corrected chi connectivity index (χ2v) is 8.49. The van der Waals surface area contributed by atoms with Gasteiger partial charge in [-0.15, -0.1) is 0 Å². The first-order valence-electron chi connectivity index (χ1n) is 9.22. The van der Waals surface area contributed by atoms with Crippen molar-refractivity contribution in [1.29, 1.82) is 0 Å². The van der Waals surface area contributed by atoms with Crippen LogP contribution in [0, 0.1) is 6.92 Å². The molecule has 0 bridgehead atoms. The van der Waals surface area contributed by atoms with Crippen molar-refractivity contribution in [3.05, 3.63) is 103 Å². The highest BCUT2D eigenvalue weighted by molar-refractivity contribution is 9.10. The largest absolute Gasteiger partial charge is 0.450 e. The Hall–Kier alpha value is -2.96. The van der Waals surface area contributed by atoms with Gasteiger partial charge in [0.1, 0.15) is 11.4 Å². The predicted molar refractivity (Wildman–Crippen MR) is 119 cm³/mol. The Kier molecular flexibility index (Phi) is 4.49. The van der Waals surface area contributed by atoms with Gasteiger partial charge in [0.25, 0.3) is 5.91 Å². The number of fused-ring (bicyclic) bond motifs is 2. The lowest BCUT2D eigenvalue weighted by atomic mass is 9.98. The van der Waals surface area contributed by atoms with Crippen molar-refractivity contribution in [2.24, 2.45) is 0 Å². The summed E-state index contributed by atoms with van der Waals surface area (Å²) < 4.78 is 6.70. The molecular formula is C23H14BrClN2O3. The number of aryl methyl sites for hydroxylation is 1. The standard InChI is InChI=1S/C23H14BrClN2O3/c1-12-7-8-26-18(9-12)27-20(13-3-2-4-15(25)10-13)19-21(28)16-11-14(24)5-6-17(16)30-22(19)23(27)29/h2-11,20H,1H3/t20-/m1/s1. The fourth-order valence-corrected chi connectivity index (χ4v) is 4.39. The van der Waals surface area contributed by atoms with Crippen LogP contribution in [0.3, 0.4) is 0 Å². The van der Waals surface area contributed by atoms with Gasteiger partial charge in [-0.05, 0) is 60.5 Å². The molecule has 0 saturated carbocycles. The number of hydrogen-bond donors (Lipinski definition) is 0. The normalized spacial score (nSPS) is 15.6. The molecule has 5 nitrogen and oxygen atoms in total. The smallest absolute Gasteiger partial charge is 0.296 e. The van der Waals surface area contributed by atoms with Gasteiger partial charge >= 0.3 is 0 Å². The lowest BCUT2D eigenvalue weighted by molar-refractivity contribution is 0.0970. The van der Waals surface area contributed by atoms with Crippen molar-refractivity contribution in [2.75, 3.05) is 4.90 Å². The van der Waals surface area contributed by atoms with E-state index in [1.807, 2.05) is 25.1 Å². The molecule has 4 aromatic rings. The number of pyridine rings is 1. The summed E-state index contributed by atoms with van der Waals surface area (Å²) in [5.41, 5.74) is 2.05. The molecule has 148 valence electrons. The molecule has 30 heavy (non-hydrogen) atoms. The molecule has 0 radical (unpaired) electrons. The van der Waals surface area contributed by atoms with E-state index >= 15 is 0 Å². The zero-order valence-electron chi connectivity index (χ0n) is 15.7. The summed E-state index contributed by atoms with van der Waals surface area (Å²) in [4.78, 5) is 32.9. The van der Waals surface area contributed by atoms with Crippen LogP contribution in [-0.4, -0.2) is 10.9 Å². The van der Waals surface area contributed by atoms with Gasteiger partial charge in [-0.1, -0.05) is 39.7 Å². The minimum absolute atomic E-state index is 0.0307. The third-order valence-electron chi connectivity index (χ3n) is 5.14. The SMILES string of the molecule is Cc1ccnc(N2C(=O)c3oc4ccc(Br)cc4c(=O)c3[C@H]2c2cccc(Cl)c2)c1. The molecule has 0 aliphatic carbocycles. The van der Waals surface area contributed by atoms with Crippen molar-refractivity contribution >= 4 is 50.2 Å². The molecule has 2 aromatic heterocycles. The van der Waals surface area contributed by atoms with Crippen LogP contribution in [0.2, 0.25) is 5.02 Å². The van der Waals surface area contributed by atoms with E-state index in [4.69, 9.17) is 16.0 Å². The average Bonchev–Trinajstić information content (AvgIpc) is 3.01. The summed E-state index contributed by atoms with van der Waals surface area (Å²) in [6.45, 7) is 1.92. The van der Waals surface area contributed by atoms with Crippen LogP contribution in [0.4, 0.5) is 5.82 Å². The van der Waals surface area contributed by atoms with E-state index in [1.165, 1.54) is 4.90 Å². The van der Waals surface area contributed by atoms with Crippen molar-refractivity contribution in [3.8, 4) is 0 Å². The number of benzene rings is 2. The number of amides is 1. The lowest BCUT2D eigenvalue weighted by Crippen LogP contribution is -2.30. The number of hydrogen-bond acceptors (Lipinski definition) is 4. The Bertz CT molecular complexity index is 1400. The van der Waals surface area contributed by atoms with Crippen LogP contribution in [0.1, 0.15) is 33.3 Å². The van der Waals surface area contributed by atoms with E-state index in [0.717, 1.165) is 10.0 Å². The Morgan fingerprint density at radius 2 is 1.93 bits per heavy atom. The van der Waals surface area contributed by atoms with Crippen LogP contribution in [0.25, 0.3) is 11.0 Å². The van der Waals surface area contributed by atoms with Crippen LogP contribution in [0.5, 0.6) is 0 Å². The fraction of sp³-hybridized carbons (Fsp3) is 0.0870. The van der Waals surface area contributed by atoms with Crippen LogP contribution in [-0.2, 0) is 0 Å². The molecule has 0 N–H and O–H groups in total. The van der Waals surface area contributed by atoms with Gasteiger partial charge in [0.2, 0.25) is 5.76 Å². The van der Waals surface area contributed by atoms with Gasteiger partial charge < -0.3 is 4.42 Å². The topological polar surface area (TPSA) is 63.4 Å². The van der Waals surface area contributed by atoms with Gasteiger partial charge in [-0.2, -0.15) is 0 Å². The van der Waals surface area contributed by atoms with E-state index in [-0.39, 0.29) is 16.8 Å². The molecular weight excluding hydrogens is 468 g/mol. The van der Waals surface area contributed by atoms with E-state index in [9.17, 15) is 9.59 Å². The number of aromatic nitrogens is 1. The lowest BCUT2D eigenvalue weighted by Gasteiger charge is -2.24. The van der Waals surface area contributed by atoms with E-state index in [0.29, 0.717) is 27.4 Å². The van der Waals surface area contributed by atoms with Gasteiger partial charge in [-0.25, -0.2) is 4.98 Å². The Labute approximate surface area is 185 Å². The first-order valence-corrected chi connectivity index (χ1v) is 10.4. The minimum Gasteiger partial charge on any atom is -0.450 e. The number of carbonyl (C=O) groups excluding carboxylic acids is 1. The van der Waals surface area contributed by atoms with Crippen LogP contribution < -0.4 is 10.3 Å². The number of carbonyl (C=O) groups is 1. The minimum atomic E-state index is -0.694. The summed E-state index contributed by atoms with van der Waals surface area (Å²) in [6.07, 6.45) is 1.64.